The topological polar surface area (TPSA) is 50.9 Å². The zero-order valence-corrected chi connectivity index (χ0v) is 10.2. The van der Waals surface area contributed by atoms with E-state index in [-0.39, 0.29) is 0 Å². The van der Waals surface area contributed by atoms with Crippen LogP contribution in [0.3, 0.4) is 0 Å². The molecule has 0 aromatic carbocycles. The van der Waals surface area contributed by atoms with Crippen molar-refractivity contribution in [3.63, 3.8) is 0 Å². The van der Waals surface area contributed by atoms with Gasteiger partial charge in [-0.05, 0) is 38.0 Å². The van der Waals surface area contributed by atoms with Crippen LogP contribution < -0.4 is 0 Å². The summed E-state index contributed by atoms with van der Waals surface area (Å²) in [7, 11) is 1.91. The Kier molecular flexibility index (Phi) is 3.54. The smallest absolute Gasteiger partial charge is 0.0963 e. The summed E-state index contributed by atoms with van der Waals surface area (Å²) in [5.74, 6) is 0. The van der Waals surface area contributed by atoms with Crippen LogP contribution >= 0.6 is 0 Å². The van der Waals surface area contributed by atoms with Crippen LogP contribution in [0.5, 0.6) is 0 Å². The van der Waals surface area contributed by atoms with E-state index in [1.807, 2.05) is 42.9 Å². The van der Waals surface area contributed by atoms with E-state index in [0.29, 0.717) is 6.42 Å². The van der Waals surface area contributed by atoms with E-state index < -0.39 is 6.10 Å². The summed E-state index contributed by atoms with van der Waals surface area (Å²) >= 11 is 0. The lowest BCUT2D eigenvalue weighted by Crippen LogP contribution is -2.05. The second-order valence-corrected chi connectivity index (χ2v) is 4.20. The molecule has 1 atom stereocenters. The highest BCUT2D eigenvalue weighted by atomic mass is 16.3. The van der Waals surface area contributed by atoms with Crippen LogP contribution in [0.25, 0.3) is 0 Å². The van der Waals surface area contributed by atoms with Crippen LogP contribution in [0.15, 0.2) is 30.5 Å². The summed E-state index contributed by atoms with van der Waals surface area (Å²) in [6, 6.07) is 7.68. The van der Waals surface area contributed by atoms with Crippen molar-refractivity contribution in [2.45, 2.75) is 25.9 Å². The van der Waals surface area contributed by atoms with Crippen molar-refractivity contribution in [3.8, 4) is 0 Å². The van der Waals surface area contributed by atoms with E-state index in [2.05, 4.69) is 10.1 Å². The molecule has 4 nitrogen and oxygen atoms in total. The molecule has 2 aromatic heterocycles. The van der Waals surface area contributed by atoms with Crippen LogP contribution in [0.2, 0.25) is 0 Å². The number of aliphatic hydroxyl groups is 1. The van der Waals surface area contributed by atoms with E-state index in [1.54, 1.807) is 6.20 Å². The molecule has 1 unspecified atom stereocenters. The fraction of sp³-hybridized carbons (Fsp3) is 0.385. The molecule has 2 rings (SSSR count). The predicted octanol–water partition coefficient (Wildman–Crippen LogP) is 1.79. The van der Waals surface area contributed by atoms with Gasteiger partial charge in [0.15, 0.2) is 0 Å². The minimum atomic E-state index is -0.509. The van der Waals surface area contributed by atoms with Crippen LogP contribution in [-0.4, -0.2) is 19.9 Å². The number of aliphatic hydroxyl groups excluding tert-OH is 1. The van der Waals surface area contributed by atoms with Crippen LogP contribution in [0.4, 0.5) is 0 Å². The summed E-state index contributed by atoms with van der Waals surface area (Å²) in [5, 5.41) is 14.1. The van der Waals surface area contributed by atoms with Gasteiger partial charge in [0.05, 0.1) is 11.8 Å². The normalized spacial score (nSPS) is 12.6. The number of hydrogen-bond acceptors (Lipinski definition) is 3. The van der Waals surface area contributed by atoms with Crippen molar-refractivity contribution in [2.24, 2.45) is 7.05 Å². The quantitative estimate of drug-likeness (QED) is 0.872. The lowest BCUT2D eigenvalue weighted by molar-refractivity contribution is 0.162. The van der Waals surface area contributed by atoms with Gasteiger partial charge < -0.3 is 5.11 Å². The molecule has 0 aliphatic carbocycles. The average Bonchev–Trinajstić information content (AvgIpc) is 2.72. The standard InChI is InChI=1S/C13H17N3O/c1-10-4-3-5-12(15-10)13(17)7-6-11-8-9-14-16(11)2/h3-5,8-9,13,17H,6-7H2,1-2H3. The van der Waals surface area contributed by atoms with Gasteiger partial charge in [0, 0.05) is 24.6 Å². The van der Waals surface area contributed by atoms with Gasteiger partial charge in [-0.1, -0.05) is 6.07 Å². The lowest BCUT2D eigenvalue weighted by Gasteiger charge is -2.10. The van der Waals surface area contributed by atoms with E-state index in [9.17, 15) is 5.11 Å². The lowest BCUT2D eigenvalue weighted by atomic mass is 10.1. The Hall–Kier alpha value is -1.68. The minimum Gasteiger partial charge on any atom is -0.387 e. The molecule has 0 bridgehead atoms. The van der Waals surface area contributed by atoms with Crippen molar-refractivity contribution >= 4 is 0 Å². The fourth-order valence-corrected chi connectivity index (χ4v) is 1.83. The molecule has 0 amide bonds. The number of aryl methyl sites for hydroxylation is 3. The summed E-state index contributed by atoms with van der Waals surface area (Å²) < 4.78 is 1.83. The number of nitrogens with zero attached hydrogens (tertiary/aromatic N) is 3. The maximum absolute atomic E-state index is 10.0. The molecule has 17 heavy (non-hydrogen) atoms. The Labute approximate surface area is 101 Å². The molecular weight excluding hydrogens is 214 g/mol. The molecule has 0 aliphatic rings. The van der Waals surface area contributed by atoms with Crippen molar-refractivity contribution in [2.75, 3.05) is 0 Å². The molecule has 90 valence electrons. The second kappa shape index (κ2) is 5.10. The number of pyridine rings is 1. The first-order chi connectivity index (χ1) is 8.16. The van der Waals surface area contributed by atoms with Gasteiger partial charge in [0.1, 0.15) is 0 Å². The summed E-state index contributed by atoms with van der Waals surface area (Å²) in [5.41, 5.74) is 2.80. The highest BCUT2D eigenvalue weighted by molar-refractivity contribution is 5.12. The number of aromatic nitrogens is 3. The first-order valence-corrected chi connectivity index (χ1v) is 5.75. The Balaban J connectivity index is 1.98. The first-order valence-electron chi connectivity index (χ1n) is 5.75. The third-order valence-electron chi connectivity index (χ3n) is 2.85. The Morgan fingerprint density at radius 2 is 2.18 bits per heavy atom. The maximum Gasteiger partial charge on any atom is 0.0963 e. The molecule has 0 radical (unpaired) electrons. The highest BCUT2D eigenvalue weighted by Crippen LogP contribution is 2.17. The maximum atomic E-state index is 10.0. The van der Waals surface area contributed by atoms with E-state index in [0.717, 1.165) is 23.5 Å². The molecule has 4 heteroatoms. The Bertz CT molecular complexity index is 493. The largest absolute Gasteiger partial charge is 0.387 e. The SMILES string of the molecule is Cc1cccc(C(O)CCc2ccnn2C)n1. The zero-order chi connectivity index (χ0) is 12.3. The second-order valence-electron chi connectivity index (χ2n) is 4.20. The molecule has 0 saturated heterocycles. The molecule has 2 aromatic rings. The molecular formula is C13H17N3O. The minimum absolute atomic E-state index is 0.509. The van der Waals surface area contributed by atoms with Crippen molar-refractivity contribution in [1.82, 2.24) is 14.8 Å². The third-order valence-corrected chi connectivity index (χ3v) is 2.85. The number of hydrogen-bond donors (Lipinski definition) is 1. The summed E-state index contributed by atoms with van der Waals surface area (Å²) in [6.45, 7) is 1.93. The average molecular weight is 231 g/mol. The third kappa shape index (κ3) is 2.91. The van der Waals surface area contributed by atoms with E-state index in [4.69, 9.17) is 0 Å². The van der Waals surface area contributed by atoms with Crippen LogP contribution in [0, 0.1) is 6.92 Å². The van der Waals surface area contributed by atoms with E-state index >= 15 is 0 Å². The molecule has 0 saturated carbocycles. The molecule has 0 fully saturated rings. The van der Waals surface area contributed by atoms with Gasteiger partial charge in [-0.3, -0.25) is 9.67 Å². The summed E-state index contributed by atoms with van der Waals surface area (Å²) in [6.07, 6.45) is 2.72. The Morgan fingerprint density at radius 1 is 1.35 bits per heavy atom. The van der Waals surface area contributed by atoms with Crippen molar-refractivity contribution < 1.29 is 5.11 Å². The monoisotopic (exact) mass is 231 g/mol. The summed E-state index contributed by atoms with van der Waals surface area (Å²) in [4.78, 5) is 4.32. The van der Waals surface area contributed by atoms with Gasteiger partial charge in [-0.25, -0.2) is 0 Å². The van der Waals surface area contributed by atoms with Gasteiger partial charge in [-0.15, -0.1) is 0 Å². The first kappa shape index (κ1) is 11.8. The molecule has 0 aliphatic heterocycles. The highest BCUT2D eigenvalue weighted by Gasteiger charge is 2.10. The Morgan fingerprint density at radius 3 is 2.82 bits per heavy atom. The molecule has 1 N–H and O–H groups in total. The van der Waals surface area contributed by atoms with Crippen molar-refractivity contribution in [3.05, 3.63) is 47.5 Å². The van der Waals surface area contributed by atoms with Crippen LogP contribution in [-0.2, 0) is 13.5 Å². The van der Waals surface area contributed by atoms with Gasteiger partial charge in [-0.2, -0.15) is 5.10 Å². The predicted molar refractivity (Wildman–Crippen MR) is 65.5 cm³/mol. The van der Waals surface area contributed by atoms with Gasteiger partial charge in [0.25, 0.3) is 0 Å². The van der Waals surface area contributed by atoms with E-state index in [1.165, 1.54) is 0 Å². The molecule has 2 heterocycles. The number of rotatable bonds is 4. The van der Waals surface area contributed by atoms with Gasteiger partial charge in [0.2, 0.25) is 0 Å². The molecule has 0 spiro atoms. The fourth-order valence-electron chi connectivity index (χ4n) is 1.83. The van der Waals surface area contributed by atoms with Crippen molar-refractivity contribution in [1.29, 1.82) is 0 Å². The van der Waals surface area contributed by atoms with Gasteiger partial charge >= 0.3 is 0 Å². The van der Waals surface area contributed by atoms with Crippen LogP contribution in [0.1, 0.15) is 29.6 Å². The zero-order valence-electron chi connectivity index (χ0n) is 10.2.